The van der Waals surface area contributed by atoms with E-state index < -0.39 is 0 Å². The minimum atomic E-state index is -0.246. The number of hydrogen-bond acceptors (Lipinski definition) is 4. The molecule has 0 aliphatic carbocycles. The molecule has 3 aromatic rings. The van der Waals surface area contributed by atoms with Gasteiger partial charge in [0.25, 0.3) is 5.56 Å². The van der Waals surface area contributed by atoms with Crippen LogP contribution in [0.25, 0.3) is 5.65 Å². The van der Waals surface area contributed by atoms with E-state index in [-0.39, 0.29) is 17.6 Å². The largest absolute Gasteiger partial charge is 0.487 e. The van der Waals surface area contributed by atoms with E-state index in [4.69, 9.17) is 9.26 Å². The predicted molar refractivity (Wildman–Crippen MR) is 87.9 cm³/mol. The van der Waals surface area contributed by atoms with Gasteiger partial charge in [-0.3, -0.25) is 4.79 Å². The average Bonchev–Trinajstić information content (AvgIpc) is 2.86. The fourth-order valence-electron chi connectivity index (χ4n) is 2.36. The lowest BCUT2D eigenvalue weighted by molar-refractivity contribution is 0.298. The molecule has 0 bridgehead atoms. The molecule has 0 saturated carbocycles. The summed E-state index contributed by atoms with van der Waals surface area (Å²) >= 11 is 0. The van der Waals surface area contributed by atoms with E-state index in [0.717, 1.165) is 5.75 Å². The van der Waals surface area contributed by atoms with Crippen LogP contribution in [0, 0.1) is 6.92 Å². The molecular formula is C18H20N2O3. The Balaban J connectivity index is 1.77. The lowest BCUT2D eigenvalue weighted by Gasteiger charge is -2.19. The lowest BCUT2D eigenvalue weighted by atomic mass is 9.87. The fraction of sp³-hybridized carbons (Fsp3) is 0.333. The highest BCUT2D eigenvalue weighted by Gasteiger charge is 2.13. The van der Waals surface area contributed by atoms with E-state index in [9.17, 15) is 4.79 Å². The Labute approximate surface area is 134 Å². The van der Waals surface area contributed by atoms with E-state index in [1.807, 2.05) is 12.1 Å². The van der Waals surface area contributed by atoms with Crippen molar-refractivity contribution in [2.45, 2.75) is 39.7 Å². The highest BCUT2D eigenvalue weighted by molar-refractivity contribution is 5.38. The summed E-state index contributed by atoms with van der Waals surface area (Å²) in [6, 6.07) is 11.1. The van der Waals surface area contributed by atoms with Crippen LogP contribution >= 0.6 is 0 Å². The Morgan fingerprint density at radius 2 is 1.87 bits per heavy atom. The second-order valence-electron chi connectivity index (χ2n) is 6.65. The summed E-state index contributed by atoms with van der Waals surface area (Å²) < 4.78 is 12.2. The van der Waals surface area contributed by atoms with E-state index in [1.54, 1.807) is 13.0 Å². The molecule has 5 heteroatoms. The number of nitrogens with zero attached hydrogens (tertiary/aromatic N) is 2. The first-order valence-electron chi connectivity index (χ1n) is 7.56. The molecule has 2 heterocycles. The monoisotopic (exact) mass is 312 g/mol. The van der Waals surface area contributed by atoms with Crippen molar-refractivity contribution in [2.24, 2.45) is 0 Å². The summed E-state index contributed by atoms with van der Waals surface area (Å²) in [6.07, 6.45) is 0. The average molecular weight is 312 g/mol. The minimum absolute atomic E-state index is 0.110. The Morgan fingerprint density at radius 3 is 2.52 bits per heavy atom. The quantitative estimate of drug-likeness (QED) is 0.743. The normalized spacial score (nSPS) is 11.8. The van der Waals surface area contributed by atoms with Crippen molar-refractivity contribution in [2.75, 3.05) is 0 Å². The Bertz CT molecular complexity index is 883. The molecule has 0 aliphatic heterocycles. The molecule has 5 nitrogen and oxygen atoms in total. The Hall–Kier alpha value is -2.56. The van der Waals surface area contributed by atoms with Crippen molar-refractivity contribution < 1.29 is 9.26 Å². The molecule has 0 spiro atoms. The van der Waals surface area contributed by atoms with Crippen molar-refractivity contribution in [1.29, 1.82) is 0 Å². The van der Waals surface area contributed by atoms with Crippen LogP contribution in [-0.4, -0.2) is 9.56 Å². The molecule has 120 valence electrons. The minimum Gasteiger partial charge on any atom is -0.487 e. The molecule has 0 unspecified atom stereocenters. The van der Waals surface area contributed by atoms with Gasteiger partial charge < -0.3 is 9.26 Å². The van der Waals surface area contributed by atoms with Crippen molar-refractivity contribution in [3.8, 4) is 5.75 Å². The van der Waals surface area contributed by atoms with E-state index in [1.165, 1.54) is 16.2 Å². The van der Waals surface area contributed by atoms with Crippen LogP contribution in [0.5, 0.6) is 5.75 Å². The second kappa shape index (κ2) is 5.57. The van der Waals surface area contributed by atoms with Crippen molar-refractivity contribution in [3.63, 3.8) is 0 Å². The summed E-state index contributed by atoms with van der Waals surface area (Å²) in [5.41, 5.74) is 2.19. The first kappa shape index (κ1) is 15.3. The number of ether oxygens (including phenoxy) is 1. The highest BCUT2D eigenvalue weighted by atomic mass is 16.5. The van der Waals surface area contributed by atoms with Gasteiger partial charge in [0, 0.05) is 12.1 Å². The molecular weight excluding hydrogens is 292 g/mol. The van der Waals surface area contributed by atoms with Crippen molar-refractivity contribution >= 4 is 5.65 Å². The zero-order chi connectivity index (χ0) is 16.6. The van der Waals surface area contributed by atoms with Gasteiger partial charge in [0.1, 0.15) is 18.1 Å². The van der Waals surface area contributed by atoms with Gasteiger partial charge in [-0.1, -0.05) is 32.9 Å². The van der Waals surface area contributed by atoms with Gasteiger partial charge >= 0.3 is 0 Å². The van der Waals surface area contributed by atoms with Crippen LogP contribution < -0.4 is 10.3 Å². The van der Waals surface area contributed by atoms with Gasteiger partial charge in [-0.15, -0.1) is 4.57 Å². The number of benzene rings is 1. The maximum atomic E-state index is 12.0. The van der Waals surface area contributed by atoms with Crippen LogP contribution in [0.4, 0.5) is 0 Å². The van der Waals surface area contributed by atoms with E-state index >= 15 is 0 Å². The van der Waals surface area contributed by atoms with E-state index in [0.29, 0.717) is 17.1 Å². The number of rotatable bonds is 3. The molecule has 0 fully saturated rings. The summed E-state index contributed by atoms with van der Waals surface area (Å²) in [5, 5.41) is 0. The molecule has 3 rings (SSSR count). The molecule has 0 amide bonds. The van der Waals surface area contributed by atoms with Gasteiger partial charge in [0.05, 0.1) is 5.69 Å². The maximum Gasteiger partial charge on any atom is 0.287 e. The van der Waals surface area contributed by atoms with Crippen LogP contribution in [0.15, 0.2) is 45.7 Å². The predicted octanol–water partition coefficient (Wildman–Crippen LogP) is 3.47. The summed E-state index contributed by atoms with van der Waals surface area (Å²) in [6.45, 7) is 8.53. The van der Waals surface area contributed by atoms with E-state index in [2.05, 4.69) is 37.9 Å². The third kappa shape index (κ3) is 3.28. The number of aromatic nitrogens is 2. The van der Waals surface area contributed by atoms with Gasteiger partial charge in [-0.25, -0.2) is 4.98 Å². The second-order valence-corrected chi connectivity index (χ2v) is 6.65. The Morgan fingerprint density at radius 1 is 1.17 bits per heavy atom. The van der Waals surface area contributed by atoms with Gasteiger partial charge in [0.15, 0.2) is 5.65 Å². The summed E-state index contributed by atoms with van der Waals surface area (Å²) in [7, 11) is 0. The summed E-state index contributed by atoms with van der Waals surface area (Å²) in [5.74, 6) is 1.40. The molecule has 0 radical (unpaired) electrons. The molecule has 0 N–H and O–H groups in total. The lowest BCUT2D eigenvalue weighted by Crippen LogP contribution is -2.14. The third-order valence-electron chi connectivity index (χ3n) is 3.63. The number of fused-ring (bicyclic) bond motifs is 1. The third-order valence-corrected chi connectivity index (χ3v) is 3.63. The zero-order valence-corrected chi connectivity index (χ0v) is 13.8. The standard InChI is InChI=1S/C18H20N2O3/c1-12-9-16-19-14(10-17(21)20(16)23-12)11-22-15-7-5-13(6-8-15)18(2,3)4/h5-10H,11H2,1-4H3. The highest BCUT2D eigenvalue weighted by Crippen LogP contribution is 2.24. The fourth-order valence-corrected chi connectivity index (χ4v) is 2.36. The van der Waals surface area contributed by atoms with Crippen LogP contribution in [0.3, 0.4) is 0 Å². The van der Waals surface area contributed by atoms with Crippen LogP contribution in [0.1, 0.15) is 37.8 Å². The SMILES string of the molecule is Cc1cc2nc(COc3ccc(C(C)(C)C)cc3)cc(=O)n2o1. The maximum absolute atomic E-state index is 12.0. The first-order chi connectivity index (χ1) is 10.8. The first-order valence-corrected chi connectivity index (χ1v) is 7.56. The summed E-state index contributed by atoms with van der Waals surface area (Å²) in [4.78, 5) is 16.3. The van der Waals surface area contributed by atoms with Gasteiger partial charge in [-0.2, -0.15) is 0 Å². The molecule has 0 atom stereocenters. The van der Waals surface area contributed by atoms with Crippen molar-refractivity contribution in [1.82, 2.24) is 9.56 Å². The topological polar surface area (TPSA) is 56.7 Å². The van der Waals surface area contributed by atoms with Gasteiger partial charge in [-0.05, 0) is 30.0 Å². The molecule has 2 aromatic heterocycles. The number of hydrogen-bond donors (Lipinski definition) is 0. The van der Waals surface area contributed by atoms with Crippen LogP contribution in [-0.2, 0) is 12.0 Å². The van der Waals surface area contributed by atoms with Crippen molar-refractivity contribution in [3.05, 3.63) is 63.8 Å². The Kier molecular flexibility index (Phi) is 3.72. The smallest absolute Gasteiger partial charge is 0.287 e. The number of aryl methyl sites for hydroxylation is 1. The molecule has 1 aromatic carbocycles. The van der Waals surface area contributed by atoms with Crippen LogP contribution in [0.2, 0.25) is 0 Å². The molecule has 0 aliphatic rings. The molecule has 0 saturated heterocycles. The van der Waals surface area contributed by atoms with Gasteiger partial charge in [0.2, 0.25) is 0 Å². The zero-order valence-electron chi connectivity index (χ0n) is 13.8. The molecule has 23 heavy (non-hydrogen) atoms.